The third-order valence-corrected chi connectivity index (χ3v) is 3.84. The zero-order valence-corrected chi connectivity index (χ0v) is 15.8. The van der Waals surface area contributed by atoms with Crippen molar-refractivity contribution in [3.8, 4) is 0 Å². The Labute approximate surface area is 163 Å². The largest absolute Gasteiger partial charge is 0.462 e. The highest BCUT2D eigenvalue weighted by Crippen LogP contribution is 2.19. The quantitative estimate of drug-likeness (QED) is 0.415. The van der Waals surface area contributed by atoms with Gasteiger partial charge in [-0.05, 0) is 37.1 Å². The third-order valence-electron chi connectivity index (χ3n) is 3.84. The minimum absolute atomic E-state index is 0.0139. The van der Waals surface area contributed by atoms with Gasteiger partial charge in [0, 0.05) is 19.0 Å². The van der Waals surface area contributed by atoms with E-state index in [1.165, 1.54) is 25.1 Å². The Kier molecular flexibility index (Phi) is 7.45. The van der Waals surface area contributed by atoms with E-state index in [0.717, 1.165) is 5.56 Å². The lowest BCUT2D eigenvalue weighted by Gasteiger charge is -2.11. The molecule has 28 heavy (non-hydrogen) atoms. The Morgan fingerprint density at radius 3 is 2.36 bits per heavy atom. The van der Waals surface area contributed by atoms with Crippen molar-refractivity contribution in [1.82, 2.24) is 5.32 Å². The molecule has 0 heterocycles. The molecule has 0 saturated carbocycles. The fourth-order valence-electron chi connectivity index (χ4n) is 2.54. The maximum Gasteiger partial charge on any atom is 0.340 e. The van der Waals surface area contributed by atoms with Crippen molar-refractivity contribution in [2.24, 2.45) is 0 Å². The van der Waals surface area contributed by atoms with Crippen molar-refractivity contribution in [3.63, 3.8) is 0 Å². The average Bonchev–Trinajstić information content (AvgIpc) is 2.68. The number of hydrogen-bond donors (Lipinski definition) is 2. The lowest BCUT2D eigenvalue weighted by atomic mass is 10.0. The van der Waals surface area contributed by atoms with Crippen LogP contribution in [0.4, 0.5) is 5.69 Å². The van der Waals surface area contributed by atoms with Crippen LogP contribution in [-0.2, 0) is 20.7 Å². The lowest BCUT2D eigenvalue weighted by molar-refractivity contribution is -0.117. The molecule has 0 atom stereocenters. The number of anilines is 1. The van der Waals surface area contributed by atoms with E-state index in [9.17, 15) is 19.2 Å². The summed E-state index contributed by atoms with van der Waals surface area (Å²) < 4.78 is 4.96. The second-order valence-electron chi connectivity index (χ2n) is 5.98. The van der Waals surface area contributed by atoms with Crippen molar-refractivity contribution in [2.45, 2.75) is 20.3 Å². The summed E-state index contributed by atoms with van der Waals surface area (Å²) in [7, 11) is 0. The zero-order valence-electron chi connectivity index (χ0n) is 15.8. The van der Waals surface area contributed by atoms with Gasteiger partial charge in [0.25, 0.3) is 5.91 Å². The van der Waals surface area contributed by atoms with Crippen molar-refractivity contribution >= 4 is 29.3 Å². The Morgan fingerprint density at radius 1 is 1.00 bits per heavy atom. The zero-order chi connectivity index (χ0) is 20.5. The number of hydrogen-bond acceptors (Lipinski definition) is 5. The van der Waals surface area contributed by atoms with Gasteiger partial charge in [0.15, 0.2) is 0 Å². The Balaban J connectivity index is 2.10. The van der Waals surface area contributed by atoms with Crippen LogP contribution in [0.2, 0.25) is 0 Å². The highest BCUT2D eigenvalue weighted by atomic mass is 16.5. The molecule has 0 unspecified atom stereocenters. The normalized spacial score (nSPS) is 10.1. The molecule has 2 rings (SSSR count). The molecule has 2 amide bonds. The molecule has 2 aromatic rings. The van der Waals surface area contributed by atoms with E-state index < -0.39 is 17.7 Å². The van der Waals surface area contributed by atoms with Crippen LogP contribution in [0.5, 0.6) is 0 Å². The fraction of sp³-hybridized carbons (Fsp3) is 0.238. The highest BCUT2D eigenvalue weighted by Gasteiger charge is 2.21. The molecule has 0 aromatic heterocycles. The first kappa shape index (κ1) is 20.8. The van der Waals surface area contributed by atoms with Crippen LogP contribution < -0.4 is 10.6 Å². The van der Waals surface area contributed by atoms with Crippen molar-refractivity contribution < 1.29 is 23.9 Å². The van der Waals surface area contributed by atoms with Crippen LogP contribution in [0.3, 0.4) is 0 Å². The number of Topliss-reactive ketones (excluding diaryl/α,β-unsaturated/α-hetero) is 1. The smallest absolute Gasteiger partial charge is 0.340 e. The summed E-state index contributed by atoms with van der Waals surface area (Å²) in [6, 6.07) is 13.6. The number of amides is 2. The summed E-state index contributed by atoms with van der Waals surface area (Å²) in [5, 5.41) is 5.08. The summed E-state index contributed by atoms with van der Waals surface area (Å²) in [6.45, 7) is 3.39. The topological polar surface area (TPSA) is 102 Å². The second kappa shape index (κ2) is 10.0. The molecule has 146 valence electrons. The van der Waals surface area contributed by atoms with Gasteiger partial charge < -0.3 is 15.4 Å². The summed E-state index contributed by atoms with van der Waals surface area (Å²) in [5.41, 5.74) is 1.31. The monoisotopic (exact) mass is 382 g/mol. The Morgan fingerprint density at radius 2 is 1.71 bits per heavy atom. The van der Waals surface area contributed by atoms with Gasteiger partial charge in [-0.15, -0.1) is 0 Å². The van der Waals surface area contributed by atoms with E-state index in [-0.39, 0.29) is 29.3 Å². The van der Waals surface area contributed by atoms with Crippen LogP contribution in [0.25, 0.3) is 0 Å². The summed E-state index contributed by atoms with van der Waals surface area (Å²) in [5.74, 6) is -2.60. The maximum absolute atomic E-state index is 12.4. The van der Waals surface area contributed by atoms with E-state index in [1.54, 1.807) is 6.92 Å². The Hall–Kier alpha value is -3.48. The molecule has 0 aliphatic heterocycles. The number of esters is 1. The number of nitrogens with one attached hydrogen (secondary N) is 2. The minimum atomic E-state index is -0.770. The van der Waals surface area contributed by atoms with Crippen molar-refractivity contribution in [1.29, 1.82) is 0 Å². The van der Waals surface area contributed by atoms with E-state index in [0.29, 0.717) is 13.0 Å². The van der Waals surface area contributed by atoms with Crippen LogP contribution in [0, 0.1) is 0 Å². The van der Waals surface area contributed by atoms with Crippen LogP contribution in [-0.4, -0.2) is 36.7 Å². The van der Waals surface area contributed by atoms with Crippen molar-refractivity contribution in [2.75, 3.05) is 18.5 Å². The summed E-state index contributed by atoms with van der Waals surface area (Å²) in [4.78, 5) is 48.0. The minimum Gasteiger partial charge on any atom is -0.462 e. The average molecular weight is 382 g/mol. The molecule has 0 radical (unpaired) electrons. The molecule has 0 aliphatic carbocycles. The number of carbonyl (C=O) groups is 4. The molecule has 2 N–H and O–H groups in total. The number of benzene rings is 2. The first-order valence-corrected chi connectivity index (χ1v) is 8.87. The van der Waals surface area contributed by atoms with Gasteiger partial charge in [0.05, 0.1) is 17.9 Å². The lowest BCUT2D eigenvalue weighted by Crippen LogP contribution is -2.32. The van der Waals surface area contributed by atoms with Gasteiger partial charge in [-0.2, -0.15) is 0 Å². The number of ether oxygens (including phenoxy) is 1. The molecule has 2 aromatic carbocycles. The molecule has 0 bridgehead atoms. The van der Waals surface area contributed by atoms with Crippen LogP contribution >= 0.6 is 0 Å². The van der Waals surface area contributed by atoms with Gasteiger partial charge in [0.2, 0.25) is 11.7 Å². The number of carbonyl (C=O) groups excluding carboxylic acids is 4. The summed E-state index contributed by atoms with van der Waals surface area (Å²) >= 11 is 0. The Bertz CT molecular complexity index is 878. The molecular formula is C21H22N2O5. The van der Waals surface area contributed by atoms with Gasteiger partial charge in [-0.3, -0.25) is 14.4 Å². The van der Waals surface area contributed by atoms with Gasteiger partial charge >= 0.3 is 5.97 Å². The second-order valence-corrected chi connectivity index (χ2v) is 5.98. The molecule has 0 spiro atoms. The van der Waals surface area contributed by atoms with Gasteiger partial charge in [-0.1, -0.05) is 30.3 Å². The van der Waals surface area contributed by atoms with Gasteiger partial charge in [0.1, 0.15) is 0 Å². The number of rotatable bonds is 8. The van der Waals surface area contributed by atoms with E-state index in [1.807, 2.05) is 30.3 Å². The predicted molar refractivity (Wildman–Crippen MR) is 104 cm³/mol. The molecular weight excluding hydrogens is 360 g/mol. The van der Waals surface area contributed by atoms with E-state index in [2.05, 4.69) is 10.6 Å². The molecule has 0 fully saturated rings. The first-order chi connectivity index (χ1) is 13.4. The fourth-order valence-corrected chi connectivity index (χ4v) is 2.54. The number of ketones is 1. The summed E-state index contributed by atoms with van der Waals surface area (Å²) in [6.07, 6.45) is 0.593. The predicted octanol–water partition coefficient (Wildman–Crippen LogP) is 2.36. The molecule has 7 nitrogen and oxygen atoms in total. The SMILES string of the molecule is CCOC(=O)c1cc(C(=O)C(=O)NCCc2ccccc2)ccc1NC(C)=O. The maximum atomic E-state index is 12.4. The van der Waals surface area contributed by atoms with Crippen LogP contribution in [0.1, 0.15) is 40.1 Å². The van der Waals surface area contributed by atoms with Crippen molar-refractivity contribution in [3.05, 3.63) is 65.2 Å². The molecule has 0 aliphatic rings. The first-order valence-electron chi connectivity index (χ1n) is 8.87. The highest BCUT2D eigenvalue weighted by molar-refractivity contribution is 6.43. The van der Waals surface area contributed by atoms with E-state index in [4.69, 9.17) is 4.74 Å². The van der Waals surface area contributed by atoms with Gasteiger partial charge in [-0.25, -0.2) is 4.79 Å². The van der Waals surface area contributed by atoms with E-state index >= 15 is 0 Å². The molecule has 7 heteroatoms. The third kappa shape index (κ3) is 5.77. The standard InChI is InChI=1S/C21H22N2O5/c1-3-28-21(27)17-13-16(9-10-18(17)23-14(2)24)19(25)20(26)22-12-11-15-7-5-4-6-8-15/h4-10,13H,3,11-12H2,1-2H3,(H,22,26)(H,23,24). The van der Waals surface area contributed by atoms with Crippen LogP contribution in [0.15, 0.2) is 48.5 Å². The molecule has 0 saturated heterocycles.